The number of carbonyl (C=O) groups excluding carboxylic acids is 2. The molecule has 0 spiro atoms. The number of para-hydroxylation sites is 1. The molecule has 0 aliphatic rings. The number of carbonyl (C=O) groups is 2. The van der Waals surface area contributed by atoms with Crippen LogP contribution >= 0.6 is 23.2 Å². The van der Waals surface area contributed by atoms with Crippen LogP contribution in [0.3, 0.4) is 0 Å². The molecule has 0 saturated carbocycles. The van der Waals surface area contributed by atoms with Crippen LogP contribution in [0.2, 0.25) is 10.0 Å². The highest BCUT2D eigenvalue weighted by Gasteiger charge is 2.21. The fourth-order valence-corrected chi connectivity index (χ4v) is 3.50. The summed E-state index contributed by atoms with van der Waals surface area (Å²) in [5.41, 5.74) is 1.05. The maximum absolute atomic E-state index is 12.8. The first kappa shape index (κ1) is 25.4. The number of halogens is 2. The molecule has 0 bridgehead atoms. The van der Waals surface area contributed by atoms with E-state index in [-0.39, 0.29) is 6.54 Å². The number of hydrogen-bond donors (Lipinski definition) is 2. The van der Waals surface area contributed by atoms with Crippen molar-refractivity contribution >= 4 is 40.8 Å². The number of urea groups is 1. The number of hydrogen-bond acceptors (Lipinski definition) is 5. The highest BCUT2D eigenvalue weighted by atomic mass is 35.5. The van der Waals surface area contributed by atoms with Crippen molar-refractivity contribution in [1.82, 2.24) is 10.2 Å². The van der Waals surface area contributed by atoms with Crippen LogP contribution in [-0.4, -0.2) is 51.3 Å². The van der Waals surface area contributed by atoms with E-state index in [1.54, 1.807) is 37.3 Å². The van der Waals surface area contributed by atoms with Crippen LogP contribution in [0.25, 0.3) is 0 Å². The molecule has 2 N–H and O–H groups in total. The number of rotatable bonds is 9. The third-order valence-electron chi connectivity index (χ3n) is 4.76. The van der Waals surface area contributed by atoms with Gasteiger partial charge >= 0.3 is 6.03 Å². The Bertz CT molecular complexity index is 925. The van der Waals surface area contributed by atoms with Gasteiger partial charge in [0.2, 0.25) is 11.7 Å². The molecule has 2 aromatic rings. The number of nitrogens with zero attached hydrogens (tertiary/aromatic N) is 1. The predicted molar refractivity (Wildman–Crippen MR) is 125 cm³/mol. The van der Waals surface area contributed by atoms with Crippen molar-refractivity contribution in [1.29, 1.82) is 0 Å². The minimum Gasteiger partial charge on any atom is -0.493 e. The average molecular weight is 484 g/mol. The number of methoxy groups -OCH3 is 3. The van der Waals surface area contributed by atoms with Crippen LogP contribution in [0.1, 0.15) is 25.5 Å². The van der Waals surface area contributed by atoms with E-state index in [0.717, 1.165) is 5.56 Å². The Morgan fingerprint density at radius 3 is 2.06 bits per heavy atom. The normalized spacial score (nSPS) is 11.3. The summed E-state index contributed by atoms with van der Waals surface area (Å²) >= 11 is 12.2. The standard InChI is InChI=1S/C22H27Cl2N3O5/c1-6-27(12-19(28)26-20-15(23)8-7-9-16(20)24)22(29)25-13(2)14-10-17(30-3)21(32-5)18(11-14)31-4/h7-11,13H,6,12H2,1-5H3,(H,25,29)(H,26,28). The summed E-state index contributed by atoms with van der Waals surface area (Å²) in [5, 5.41) is 6.17. The summed E-state index contributed by atoms with van der Waals surface area (Å²) in [6, 6.07) is 7.62. The van der Waals surface area contributed by atoms with Gasteiger partial charge in [0.05, 0.1) is 43.1 Å². The Hall–Kier alpha value is -2.84. The molecule has 0 fully saturated rings. The fraction of sp³-hybridized carbons (Fsp3) is 0.364. The molecule has 0 aliphatic carbocycles. The summed E-state index contributed by atoms with van der Waals surface area (Å²) < 4.78 is 16.1. The molecular weight excluding hydrogens is 457 g/mol. The summed E-state index contributed by atoms with van der Waals surface area (Å²) in [6.07, 6.45) is 0. The van der Waals surface area contributed by atoms with E-state index in [9.17, 15) is 9.59 Å². The second kappa shape index (κ2) is 11.7. The van der Waals surface area contributed by atoms with E-state index in [0.29, 0.717) is 39.5 Å². The molecule has 2 aromatic carbocycles. The van der Waals surface area contributed by atoms with Gasteiger partial charge < -0.3 is 29.7 Å². The lowest BCUT2D eigenvalue weighted by Gasteiger charge is -2.24. The molecule has 174 valence electrons. The Morgan fingerprint density at radius 1 is 1.03 bits per heavy atom. The van der Waals surface area contributed by atoms with Crippen LogP contribution in [-0.2, 0) is 4.79 Å². The molecule has 32 heavy (non-hydrogen) atoms. The van der Waals surface area contributed by atoms with Crippen molar-refractivity contribution < 1.29 is 23.8 Å². The third kappa shape index (κ3) is 6.11. The van der Waals surface area contributed by atoms with Crippen molar-refractivity contribution in [2.24, 2.45) is 0 Å². The minimum absolute atomic E-state index is 0.175. The number of ether oxygens (including phenoxy) is 3. The van der Waals surface area contributed by atoms with Gasteiger partial charge in [0.1, 0.15) is 6.54 Å². The Morgan fingerprint density at radius 2 is 1.59 bits per heavy atom. The van der Waals surface area contributed by atoms with Gasteiger partial charge in [-0.25, -0.2) is 4.79 Å². The van der Waals surface area contributed by atoms with E-state index in [2.05, 4.69) is 10.6 Å². The van der Waals surface area contributed by atoms with Crippen LogP contribution in [0.4, 0.5) is 10.5 Å². The summed E-state index contributed by atoms with van der Waals surface area (Å²) in [6.45, 7) is 3.73. The van der Waals surface area contributed by atoms with Gasteiger partial charge in [0.25, 0.3) is 0 Å². The first-order chi connectivity index (χ1) is 15.2. The van der Waals surface area contributed by atoms with Gasteiger partial charge in [-0.15, -0.1) is 0 Å². The molecule has 0 aromatic heterocycles. The van der Waals surface area contributed by atoms with Crippen LogP contribution in [0, 0.1) is 0 Å². The molecule has 3 amide bonds. The van der Waals surface area contributed by atoms with Crippen molar-refractivity contribution in [3.8, 4) is 17.2 Å². The molecule has 1 atom stereocenters. The maximum Gasteiger partial charge on any atom is 0.318 e. The monoisotopic (exact) mass is 483 g/mol. The molecular formula is C22H27Cl2N3O5. The highest BCUT2D eigenvalue weighted by Crippen LogP contribution is 2.39. The second-order valence-corrected chi connectivity index (χ2v) is 7.60. The number of benzene rings is 2. The number of amides is 3. The third-order valence-corrected chi connectivity index (χ3v) is 5.39. The van der Waals surface area contributed by atoms with Gasteiger partial charge in [-0.3, -0.25) is 4.79 Å². The van der Waals surface area contributed by atoms with Crippen LogP contribution in [0.15, 0.2) is 30.3 Å². The summed E-state index contributed by atoms with van der Waals surface area (Å²) in [7, 11) is 4.56. The quantitative estimate of drug-likeness (QED) is 0.536. The van der Waals surface area contributed by atoms with Crippen molar-refractivity contribution in [2.45, 2.75) is 19.9 Å². The average Bonchev–Trinajstić information content (AvgIpc) is 2.78. The van der Waals surface area contributed by atoms with Crippen LogP contribution < -0.4 is 24.8 Å². The van der Waals surface area contributed by atoms with E-state index in [1.807, 2.05) is 6.92 Å². The molecule has 0 aliphatic heterocycles. The lowest BCUT2D eigenvalue weighted by molar-refractivity contribution is -0.116. The Labute approximate surface area is 197 Å². The van der Waals surface area contributed by atoms with Crippen molar-refractivity contribution in [2.75, 3.05) is 39.7 Å². The van der Waals surface area contributed by atoms with Crippen LogP contribution in [0.5, 0.6) is 17.2 Å². The largest absolute Gasteiger partial charge is 0.493 e. The molecule has 0 radical (unpaired) electrons. The van der Waals surface area contributed by atoms with E-state index in [4.69, 9.17) is 37.4 Å². The van der Waals surface area contributed by atoms with Crippen molar-refractivity contribution in [3.63, 3.8) is 0 Å². The Balaban J connectivity index is 2.10. The molecule has 10 heteroatoms. The molecule has 2 rings (SSSR count). The van der Waals surface area contributed by atoms with Gasteiger partial charge in [-0.05, 0) is 43.7 Å². The molecule has 0 heterocycles. The highest BCUT2D eigenvalue weighted by molar-refractivity contribution is 6.39. The number of anilines is 1. The zero-order chi connectivity index (χ0) is 23.8. The fourth-order valence-electron chi connectivity index (χ4n) is 3.01. The first-order valence-electron chi connectivity index (χ1n) is 9.84. The Kier molecular flexibility index (Phi) is 9.28. The zero-order valence-corrected chi connectivity index (χ0v) is 20.1. The van der Waals surface area contributed by atoms with Gasteiger partial charge in [0, 0.05) is 6.54 Å². The van der Waals surface area contributed by atoms with Crippen molar-refractivity contribution in [3.05, 3.63) is 45.9 Å². The second-order valence-electron chi connectivity index (χ2n) is 6.79. The molecule has 0 saturated heterocycles. The predicted octanol–water partition coefficient (Wildman–Crippen LogP) is 4.75. The minimum atomic E-state index is -0.419. The SMILES string of the molecule is CCN(CC(=O)Nc1c(Cl)cccc1Cl)C(=O)NC(C)c1cc(OC)c(OC)c(OC)c1. The smallest absolute Gasteiger partial charge is 0.318 e. The maximum atomic E-state index is 12.8. The number of likely N-dealkylation sites (N-methyl/N-ethyl adjacent to an activating group) is 1. The molecule has 8 nitrogen and oxygen atoms in total. The van der Waals surface area contributed by atoms with E-state index < -0.39 is 18.0 Å². The van der Waals surface area contributed by atoms with Gasteiger partial charge in [-0.1, -0.05) is 29.3 Å². The lowest BCUT2D eigenvalue weighted by Crippen LogP contribution is -2.44. The topological polar surface area (TPSA) is 89.1 Å². The summed E-state index contributed by atoms with van der Waals surface area (Å²) in [5.74, 6) is 0.998. The summed E-state index contributed by atoms with van der Waals surface area (Å²) in [4.78, 5) is 26.7. The first-order valence-corrected chi connectivity index (χ1v) is 10.6. The van der Waals surface area contributed by atoms with E-state index in [1.165, 1.54) is 26.2 Å². The van der Waals surface area contributed by atoms with Gasteiger partial charge in [0.15, 0.2) is 11.5 Å². The van der Waals surface area contributed by atoms with Gasteiger partial charge in [-0.2, -0.15) is 0 Å². The molecule has 1 unspecified atom stereocenters. The zero-order valence-electron chi connectivity index (χ0n) is 18.6. The van der Waals surface area contributed by atoms with E-state index >= 15 is 0 Å². The lowest BCUT2D eigenvalue weighted by atomic mass is 10.1. The number of nitrogens with one attached hydrogen (secondary N) is 2.